The molecule has 1 fully saturated rings. The summed E-state index contributed by atoms with van der Waals surface area (Å²) in [5, 5.41) is 3.07. The molecule has 4 heteroatoms. The Morgan fingerprint density at radius 1 is 1.44 bits per heavy atom. The molecule has 0 spiro atoms. The Labute approximate surface area is 108 Å². The van der Waals surface area contributed by atoms with Crippen LogP contribution in [0.5, 0.6) is 5.75 Å². The summed E-state index contributed by atoms with van der Waals surface area (Å²) in [6.07, 6.45) is 9.44. The number of hydrogen-bond acceptors (Lipinski definition) is 3. The van der Waals surface area contributed by atoms with Crippen molar-refractivity contribution >= 4 is 5.91 Å². The van der Waals surface area contributed by atoms with Crippen LogP contribution in [0.15, 0.2) is 24.5 Å². The number of amides is 1. The lowest BCUT2D eigenvalue weighted by molar-refractivity contribution is -0.122. The highest BCUT2D eigenvalue weighted by atomic mass is 16.5. The van der Waals surface area contributed by atoms with Crippen LogP contribution < -0.4 is 10.1 Å². The first kappa shape index (κ1) is 12.9. The van der Waals surface area contributed by atoms with Crippen molar-refractivity contribution in [1.29, 1.82) is 0 Å². The van der Waals surface area contributed by atoms with E-state index in [-0.39, 0.29) is 5.91 Å². The molecule has 4 nitrogen and oxygen atoms in total. The lowest BCUT2D eigenvalue weighted by Gasteiger charge is -2.11. The van der Waals surface area contributed by atoms with Crippen molar-refractivity contribution in [3.8, 4) is 5.75 Å². The second-order valence-corrected chi connectivity index (χ2v) is 4.69. The molecule has 0 aromatic carbocycles. The van der Waals surface area contributed by atoms with Crippen LogP contribution in [0.25, 0.3) is 0 Å². The normalized spacial score (nSPS) is 15.6. The van der Waals surface area contributed by atoms with Crippen LogP contribution in [0.3, 0.4) is 0 Å². The zero-order valence-corrected chi connectivity index (χ0v) is 10.6. The maximum absolute atomic E-state index is 11.6. The fourth-order valence-electron chi connectivity index (χ4n) is 2.23. The highest BCUT2D eigenvalue weighted by Gasteiger charge is 2.16. The lowest BCUT2D eigenvalue weighted by Crippen LogP contribution is -2.32. The SMILES string of the molecule is O=C(CCCOc1cccnc1)NC1CCCC1. The van der Waals surface area contributed by atoms with Gasteiger partial charge in [0.15, 0.2) is 0 Å². The molecule has 1 aromatic rings. The average molecular weight is 248 g/mol. The monoisotopic (exact) mass is 248 g/mol. The second-order valence-electron chi connectivity index (χ2n) is 4.69. The third-order valence-corrected chi connectivity index (χ3v) is 3.17. The summed E-state index contributed by atoms with van der Waals surface area (Å²) >= 11 is 0. The van der Waals surface area contributed by atoms with Gasteiger partial charge < -0.3 is 10.1 Å². The molecular weight excluding hydrogens is 228 g/mol. The van der Waals surface area contributed by atoms with Gasteiger partial charge in [-0.3, -0.25) is 9.78 Å². The van der Waals surface area contributed by atoms with E-state index >= 15 is 0 Å². The number of hydrogen-bond donors (Lipinski definition) is 1. The summed E-state index contributed by atoms with van der Waals surface area (Å²) in [5.74, 6) is 0.908. The smallest absolute Gasteiger partial charge is 0.220 e. The molecule has 1 aliphatic rings. The molecule has 0 unspecified atom stereocenters. The Morgan fingerprint density at radius 2 is 2.28 bits per heavy atom. The Bertz CT molecular complexity index is 361. The van der Waals surface area contributed by atoms with Crippen molar-refractivity contribution in [2.45, 2.75) is 44.6 Å². The van der Waals surface area contributed by atoms with Crippen LogP contribution >= 0.6 is 0 Å². The molecule has 0 bridgehead atoms. The van der Waals surface area contributed by atoms with Gasteiger partial charge in [-0.05, 0) is 31.4 Å². The number of rotatable bonds is 6. The molecular formula is C14H20N2O2. The van der Waals surface area contributed by atoms with Gasteiger partial charge in [0.2, 0.25) is 5.91 Å². The van der Waals surface area contributed by atoms with E-state index in [2.05, 4.69) is 10.3 Å². The van der Waals surface area contributed by atoms with Gasteiger partial charge in [0.1, 0.15) is 5.75 Å². The molecule has 2 rings (SSSR count). The van der Waals surface area contributed by atoms with Crippen LogP contribution in [-0.2, 0) is 4.79 Å². The largest absolute Gasteiger partial charge is 0.492 e. The average Bonchev–Trinajstić information content (AvgIpc) is 2.89. The van der Waals surface area contributed by atoms with Crippen molar-refractivity contribution in [1.82, 2.24) is 10.3 Å². The molecule has 18 heavy (non-hydrogen) atoms. The number of pyridine rings is 1. The van der Waals surface area contributed by atoms with Crippen molar-refractivity contribution < 1.29 is 9.53 Å². The van der Waals surface area contributed by atoms with Gasteiger partial charge in [-0.2, -0.15) is 0 Å². The molecule has 1 amide bonds. The second kappa shape index (κ2) is 6.99. The first-order valence-electron chi connectivity index (χ1n) is 6.67. The van der Waals surface area contributed by atoms with Gasteiger partial charge in [0.25, 0.3) is 0 Å². The summed E-state index contributed by atoms with van der Waals surface area (Å²) in [6.45, 7) is 0.559. The molecule has 1 aromatic heterocycles. The molecule has 98 valence electrons. The third kappa shape index (κ3) is 4.35. The van der Waals surface area contributed by atoms with Crippen molar-refractivity contribution in [2.24, 2.45) is 0 Å². The number of nitrogens with zero attached hydrogens (tertiary/aromatic N) is 1. The highest BCUT2D eigenvalue weighted by Crippen LogP contribution is 2.17. The maximum atomic E-state index is 11.6. The molecule has 0 aliphatic heterocycles. The van der Waals surface area contributed by atoms with E-state index in [1.165, 1.54) is 12.8 Å². The molecule has 1 aliphatic carbocycles. The summed E-state index contributed by atoms with van der Waals surface area (Å²) in [7, 11) is 0. The van der Waals surface area contributed by atoms with Crippen molar-refractivity contribution in [3.63, 3.8) is 0 Å². The van der Waals surface area contributed by atoms with Crippen LogP contribution in [-0.4, -0.2) is 23.5 Å². The Morgan fingerprint density at radius 3 is 3.00 bits per heavy atom. The summed E-state index contributed by atoms with van der Waals surface area (Å²) in [4.78, 5) is 15.6. The highest BCUT2D eigenvalue weighted by molar-refractivity contribution is 5.76. The van der Waals surface area contributed by atoms with Gasteiger partial charge in [0.05, 0.1) is 12.8 Å². The Hall–Kier alpha value is -1.58. The zero-order valence-electron chi connectivity index (χ0n) is 10.6. The van der Waals surface area contributed by atoms with Crippen LogP contribution in [0.1, 0.15) is 38.5 Å². The Kier molecular flexibility index (Phi) is 5.00. The van der Waals surface area contributed by atoms with Crippen LogP contribution in [0.4, 0.5) is 0 Å². The molecule has 1 heterocycles. The van der Waals surface area contributed by atoms with E-state index in [9.17, 15) is 4.79 Å². The van der Waals surface area contributed by atoms with E-state index in [0.717, 1.165) is 25.0 Å². The van der Waals surface area contributed by atoms with Crippen molar-refractivity contribution in [3.05, 3.63) is 24.5 Å². The standard InChI is InChI=1S/C14H20N2O2/c17-14(16-12-5-1-2-6-12)8-4-10-18-13-7-3-9-15-11-13/h3,7,9,11-12H,1-2,4-6,8,10H2,(H,16,17). The topological polar surface area (TPSA) is 51.2 Å². The van der Waals surface area contributed by atoms with Gasteiger partial charge in [-0.25, -0.2) is 0 Å². The number of aromatic nitrogens is 1. The van der Waals surface area contributed by atoms with E-state index in [1.807, 2.05) is 12.1 Å². The summed E-state index contributed by atoms with van der Waals surface area (Å²) in [5.41, 5.74) is 0. The quantitative estimate of drug-likeness (QED) is 0.786. The zero-order chi connectivity index (χ0) is 12.6. The summed E-state index contributed by atoms with van der Waals surface area (Å²) < 4.78 is 5.48. The van der Waals surface area contributed by atoms with Crippen LogP contribution in [0, 0.1) is 0 Å². The number of carbonyl (C=O) groups excluding carboxylic acids is 1. The van der Waals surface area contributed by atoms with E-state index in [1.54, 1.807) is 12.4 Å². The maximum Gasteiger partial charge on any atom is 0.220 e. The fraction of sp³-hybridized carbons (Fsp3) is 0.571. The minimum atomic E-state index is 0.150. The lowest BCUT2D eigenvalue weighted by atomic mass is 10.2. The van der Waals surface area contributed by atoms with Gasteiger partial charge in [0, 0.05) is 18.7 Å². The van der Waals surface area contributed by atoms with E-state index in [4.69, 9.17) is 4.74 Å². The number of carbonyl (C=O) groups is 1. The number of ether oxygens (including phenoxy) is 1. The molecule has 0 atom stereocenters. The molecule has 1 N–H and O–H groups in total. The van der Waals surface area contributed by atoms with Gasteiger partial charge >= 0.3 is 0 Å². The van der Waals surface area contributed by atoms with Crippen LogP contribution in [0.2, 0.25) is 0 Å². The molecule has 0 saturated heterocycles. The predicted octanol–water partition coefficient (Wildman–Crippen LogP) is 2.30. The first-order valence-corrected chi connectivity index (χ1v) is 6.67. The first-order chi connectivity index (χ1) is 8.84. The van der Waals surface area contributed by atoms with Gasteiger partial charge in [-0.1, -0.05) is 12.8 Å². The fourth-order valence-corrected chi connectivity index (χ4v) is 2.23. The summed E-state index contributed by atoms with van der Waals surface area (Å²) in [6, 6.07) is 4.12. The van der Waals surface area contributed by atoms with E-state index in [0.29, 0.717) is 19.1 Å². The third-order valence-electron chi connectivity index (χ3n) is 3.17. The molecule has 0 radical (unpaired) electrons. The van der Waals surface area contributed by atoms with E-state index < -0.39 is 0 Å². The number of nitrogens with one attached hydrogen (secondary N) is 1. The Balaban J connectivity index is 1.56. The van der Waals surface area contributed by atoms with Gasteiger partial charge in [-0.15, -0.1) is 0 Å². The minimum absolute atomic E-state index is 0.150. The molecule has 1 saturated carbocycles. The predicted molar refractivity (Wildman–Crippen MR) is 69.4 cm³/mol. The minimum Gasteiger partial charge on any atom is -0.492 e. The van der Waals surface area contributed by atoms with Crippen molar-refractivity contribution in [2.75, 3.05) is 6.61 Å².